The fraction of sp³-hybridized carbons (Fsp3) is 0.562. The van der Waals surface area contributed by atoms with Gasteiger partial charge >= 0.3 is 5.97 Å². The Bertz CT molecular complexity index is 679. The van der Waals surface area contributed by atoms with Crippen LogP contribution in [-0.2, 0) is 14.4 Å². The first-order valence-electron chi connectivity index (χ1n) is 7.51. The van der Waals surface area contributed by atoms with Gasteiger partial charge in [0.25, 0.3) is 0 Å². The van der Waals surface area contributed by atoms with Crippen LogP contribution in [0.4, 0.5) is 0 Å². The largest absolute Gasteiger partial charge is 0.480 e. The zero-order valence-electron chi connectivity index (χ0n) is 13.5. The Balaban J connectivity index is 2.12. The third kappa shape index (κ3) is 2.14. The number of likely N-dealkylation sites (tertiary alicyclic amines) is 1. The number of nitrogens with one attached hydrogen (secondary N) is 1. The Morgan fingerprint density at radius 3 is 2.48 bits per heavy atom. The molecule has 3 rings (SSSR count). The summed E-state index contributed by atoms with van der Waals surface area (Å²) in [5.74, 6) is -3.36. The van der Waals surface area contributed by atoms with Crippen LogP contribution in [0.5, 0.6) is 0 Å². The zero-order valence-corrected chi connectivity index (χ0v) is 14.3. The number of aliphatic carboxylic acids is 1. The molecule has 2 aliphatic rings. The van der Waals surface area contributed by atoms with Crippen molar-refractivity contribution in [3.8, 4) is 0 Å². The maximum Gasteiger partial charge on any atom is 0.324 e. The van der Waals surface area contributed by atoms with E-state index in [-0.39, 0.29) is 5.91 Å². The molecule has 2 fully saturated rings. The maximum atomic E-state index is 12.9. The number of imide groups is 1. The highest BCUT2D eigenvalue weighted by Crippen LogP contribution is 2.50. The van der Waals surface area contributed by atoms with Gasteiger partial charge in [0.1, 0.15) is 5.54 Å². The molecule has 0 aliphatic carbocycles. The Morgan fingerprint density at radius 2 is 2.00 bits per heavy atom. The quantitative estimate of drug-likeness (QED) is 0.802. The van der Waals surface area contributed by atoms with E-state index >= 15 is 0 Å². The summed E-state index contributed by atoms with van der Waals surface area (Å²) in [6.07, 6.45) is 0. The molecule has 0 saturated carbocycles. The molecule has 2 saturated heterocycles. The molecular weight excluding hydrogens is 316 g/mol. The van der Waals surface area contributed by atoms with Crippen LogP contribution in [0, 0.1) is 11.8 Å². The van der Waals surface area contributed by atoms with E-state index in [4.69, 9.17) is 0 Å². The third-order valence-corrected chi connectivity index (χ3v) is 5.71. The van der Waals surface area contributed by atoms with Gasteiger partial charge in [-0.05, 0) is 39.1 Å². The van der Waals surface area contributed by atoms with Crippen LogP contribution in [0.3, 0.4) is 0 Å². The van der Waals surface area contributed by atoms with Crippen molar-refractivity contribution in [2.75, 3.05) is 0 Å². The standard InChI is InChI=1S/C16H20N2O4S/c1-15(2,3)18-12(19)9-10(13(18)20)16(4,14(21)22)17-11(9)8-6-5-7-23-8/h5-7,9-11,17H,1-4H3,(H,21,22). The number of hydrogen-bond acceptors (Lipinski definition) is 5. The summed E-state index contributed by atoms with van der Waals surface area (Å²) < 4.78 is 0. The number of fused-ring (bicyclic) bond motifs is 1. The Labute approximate surface area is 138 Å². The molecule has 2 aliphatic heterocycles. The van der Waals surface area contributed by atoms with E-state index in [1.165, 1.54) is 23.2 Å². The van der Waals surface area contributed by atoms with Crippen LogP contribution >= 0.6 is 11.3 Å². The van der Waals surface area contributed by atoms with Crippen molar-refractivity contribution in [1.82, 2.24) is 10.2 Å². The molecule has 23 heavy (non-hydrogen) atoms. The van der Waals surface area contributed by atoms with Gasteiger partial charge in [-0.3, -0.25) is 24.6 Å². The zero-order chi connectivity index (χ0) is 17.2. The lowest BCUT2D eigenvalue weighted by atomic mass is 9.81. The topological polar surface area (TPSA) is 86.7 Å². The van der Waals surface area contributed by atoms with E-state index in [2.05, 4.69) is 5.32 Å². The molecule has 3 heterocycles. The van der Waals surface area contributed by atoms with Gasteiger partial charge in [0.05, 0.1) is 17.9 Å². The monoisotopic (exact) mass is 336 g/mol. The molecule has 0 spiro atoms. The predicted octanol–water partition coefficient (Wildman–Crippen LogP) is 1.64. The molecule has 1 aromatic rings. The van der Waals surface area contributed by atoms with Crippen LogP contribution in [0.2, 0.25) is 0 Å². The fourth-order valence-corrected chi connectivity index (χ4v) is 4.53. The average Bonchev–Trinajstić information content (AvgIpc) is 3.07. The van der Waals surface area contributed by atoms with E-state index in [9.17, 15) is 19.5 Å². The minimum Gasteiger partial charge on any atom is -0.480 e. The van der Waals surface area contributed by atoms with E-state index in [0.717, 1.165) is 4.88 Å². The van der Waals surface area contributed by atoms with Crippen molar-refractivity contribution in [2.45, 2.75) is 44.8 Å². The van der Waals surface area contributed by atoms with E-state index < -0.39 is 40.8 Å². The average molecular weight is 336 g/mol. The molecule has 124 valence electrons. The Morgan fingerprint density at radius 1 is 1.35 bits per heavy atom. The lowest BCUT2D eigenvalue weighted by molar-refractivity contribution is -0.152. The SMILES string of the molecule is CC1(C(=O)O)NC(c2cccs2)C2C(=O)N(C(C)(C)C)C(=O)C21. The van der Waals surface area contributed by atoms with Gasteiger partial charge in [-0.15, -0.1) is 11.3 Å². The number of carboxylic acid groups (broad SMARTS) is 1. The first-order chi connectivity index (χ1) is 10.6. The summed E-state index contributed by atoms with van der Waals surface area (Å²) in [5.41, 5.74) is -2.12. The number of carbonyl (C=O) groups excluding carboxylic acids is 2. The third-order valence-electron chi connectivity index (χ3n) is 4.75. The van der Waals surface area contributed by atoms with Gasteiger partial charge in [-0.1, -0.05) is 6.07 Å². The van der Waals surface area contributed by atoms with Crippen molar-refractivity contribution in [1.29, 1.82) is 0 Å². The normalized spacial score (nSPS) is 34.1. The minimum atomic E-state index is -1.45. The Kier molecular flexibility index (Phi) is 3.42. The second-order valence-electron chi connectivity index (χ2n) is 7.33. The number of carbonyl (C=O) groups is 3. The van der Waals surface area contributed by atoms with Gasteiger partial charge in [-0.25, -0.2) is 0 Å². The molecule has 0 radical (unpaired) electrons. The molecule has 2 N–H and O–H groups in total. The van der Waals surface area contributed by atoms with Crippen molar-refractivity contribution in [3.05, 3.63) is 22.4 Å². The highest BCUT2D eigenvalue weighted by Gasteiger charge is 2.67. The summed E-state index contributed by atoms with van der Waals surface area (Å²) >= 11 is 1.46. The number of amides is 2. The van der Waals surface area contributed by atoms with Crippen LogP contribution in [-0.4, -0.2) is 38.9 Å². The van der Waals surface area contributed by atoms with Crippen molar-refractivity contribution in [3.63, 3.8) is 0 Å². The second kappa shape index (κ2) is 4.88. The molecule has 0 bridgehead atoms. The van der Waals surface area contributed by atoms with Gasteiger partial charge in [0, 0.05) is 10.4 Å². The summed E-state index contributed by atoms with van der Waals surface area (Å²) in [5, 5.41) is 14.6. The summed E-state index contributed by atoms with van der Waals surface area (Å²) in [6.45, 7) is 6.86. The summed E-state index contributed by atoms with van der Waals surface area (Å²) in [4.78, 5) is 39.8. The van der Waals surface area contributed by atoms with Crippen LogP contribution in [0.15, 0.2) is 17.5 Å². The van der Waals surface area contributed by atoms with Crippen molar-refractivity contribution >= 4 is 29.1 Å². The Hall–Kier alpha value is -1.73. The van der Waals surface area contributed by atoms with Gasteiger partial charge < -0.3 is 5.11 Å². The van der Waals surface area contributed by atoms with Crippen molar-refractivity contribution < 1.29 is 19.5 Å². The van der Waals surface area contributed by atoms with Gasteiger partial charge in [0.15, 0.2) is 0 Å². The number of thiophene rings is 1. The van der Waals surface area contributed by atoms with Gasteiger partial charge in [0.2, 0.25) is 11.8 Å². The fourth-order valence-electron chi connectivity index (χ4n) is 3.71. The lowest BCUT2D eigenvalue weighted by Gasteiger charge is -2.33. The first kappa shape index (κ1) is 16.1. The lowest BCUT2D eigenvalue weighted by Crippen LogP contribution is -2.55. The number of rotatable bonds is 2. The van der Waals surface area contributed by atoms with Crippen LogP contribution in [0.1, 0.15) is 38.6 Å². The highest BCUT2D eigenvalue weighted by molar-refractivity contribution is 7.10. The number of hydrogen-bond donors (Lipinski definition) is 2. The molecule has 4 atom stereocenters. The molecule has 1 aromatic heterocycles. The van der Waals surface area contributed by atoms with E-state index in [1.807, 2.05) is 17.5 Å². The number of carboxylic acids is 1. The summed E-state index contributed by atoms with van der Waals surface area (Å²) in [7, 11) is 0. The minimum absolute atomic E-state index is 0.289. The van der Waals surface area contributed by atoms with E-state index in [0.29, 0.717) is 0 Å². The molecular formula is C16H20N2O4S. The van der Waals surface area contributed by atoms with Crippen LogP contribution in [0.25, 0.3) is 0 Å². The molecule has 7 heteroatoms. The number of nitrogens with zero attached hydrogens (tertiary/aromatic N) is 1. The maximum absolute atomic E-state index is 12.9. The molecule has 0 aromatic carbocycles. The first-order valence-corrected chi connectivity index (χ1v) is 8.39. The molecule has 4 unspecified atom stereocenters. The van der Waals surface area contributed by atoms with E-state index in [1.54, 1.807) is 20.8 Å². The molecule has 2 amide bonds. The van der Waals surface area contributed by atoms with Gasteiger partial charge in [-0.2, -0.15) is 0 Å². The predicted molar refractivity (Wildman–Crippen MR) is 84.8 cm³/mol. The smallest absolute Gasteiger partial charge is 0.324 e. The van der Waals surface area contributed by atoms with Crippen molar-refractivity contribution in [2.24, 2.45) is 11.8 Å². The molecule has 6 nitrogen and oxygen atoms in total. The summed E-state index contributed by atoms with van der Waals surface area (Å²) in [6, 6.07) is 3.27. The second-order valence-corrected chi connectivity index (χ2v) is 8.31. The van der Waals surface area contributed by atoms with Crippen LogP contribution < -0.4 is 5.32 Å². The highest BCUT2D eigenvalue weighted by atomic mass is 32.1.